The Morgan fingerprint density at radius 2 is 2.17 bits per heavy atom. The van der Waals surface area contributed by atoms with Gasteiger partial charge in [0.2, 0.25) is 0 Å². The lowest BCUT2D eigenvalue weighted by Crippen LogP contribution is -2.34. The fourth-order valence-corrected chi connectivity index (χ4v) is 2.23. The topological polar surface area (TPSA) is 9.23 Å². The van der Waals surface area contributed by atoms with Crippen LogP contribution >= 0.6 is 0 Å². The third-order valence-electron chi connectivity index (χ3n) is 2.33. The maximum absolute atomic E-state index is 5.79. The highest BCUT2D eigenvalue weighted by Gasteiger charge is 2.23. The quantitative estimate of drug-likeness (QED) is 0.466. The molecular formula is C10H20OSi. The van der Waals surface area contributed by atoms with Crippen molar-refractivity contribution in [3.63, 3.8) is 0 Å². The average molecular weight is 184 g/mol. The Morgan fingerprint density at radius 3 is 2.67 bits per heavy atom. The van der Waals surface area contributed by atoms with Crippen molar-refractivity contribution in [1.82, 2.24) is 0 Å². The van der Waals surface area contributed by atoms with Crippen molar-refractivity contribution in [2.45, 2.75) is 38.3 Å². The van der Waals surface area contributed by atoms with Crippen molar-refractivity contribution in [2.24, 2.45) is 5.92 Å². The lowest BCUT2D eigenvalue weighted by atomic mass is 10.1. The van der Waals surface area contributed by atoms with Gasteiger partial charge in [0, 0.05) is 16.8 Å². The lowest BCUT2D eigenvalue weighted by molar-refractivity contribution is 0.0151. The van der Waals surface area contributed by atoms with Crippen LogP contribution in [0.1, 0.15) is 33.1 Å². The van der Waals surface area contributed by atoms with E-state index >= 15 is 0 Å². The zero-order chi connectivity index (χ0) is 9.03. The van der Waals surface area contributed by atoms with Gasteiger partial charge < -0.3 is 4.74 Å². The molecule has 1 saturated heterocycles. The van der Waals surface area contributed by atoms with E-state index in [-0.39, 0.29) is 5.22 Å². The first-order chi connectivity index (χ1) is 5.62. The standard InChI is InChI=1S/C10H20OSi/c1-9(2)5-7-10(12)6-3-4-8-11-10/h5,7,9H,3-4,6,8H2,1-2,12H3. The summed E-state index contributed by atoms with van der Waals surface area (Å²) in [5, 5.41) is 0.169. The number of allylic oxidation sites excluding steroid dienone is 1. The molecule has 0 spiro atoms. The first-order valence-corrected chi connectivity index (χ1v) is 5.96. The van der Waals surface area contributed by atoms with E-state index in [0.29, 0.717) is 5.92 Å². The molecule has 12 heavy (non-hydrogen) atoms. The third kappa shape index (κ3) is 3.11. The summed E-state index contributed by atoms with van der Waals surface area (Å²) in [4.78, 5) is 0. The summed E-state index contributed by atoms with van der Waals surface area (Å²) in [6, 6.07) is 0. The smallest absolute Gasteiger partial charge is 0.0656 e. The maximum atomic E-state index is 5.79. The Morgan fingerprint density at radius 1 is 1.42 bits per heavy atom. The van der Waals surface area contributed by atoms with Gasteiger partial charge >= 0.3 is 0 Å². The normalized spacial score (nSPS) is 31.9. The average Bonchev–Trinajstić information content (AvgIpc) is 2.03. The summed E-state index contributed by atoms with van der Waals surface area (Å²) in [7, 11) is 1.13. The monoisotopic (exact) mass is 184 g/mol. The molecule has 1 unspecified atom stereocenters. The summed E-state index contributed by atoms with van der Waals surface area (Å²) in [6.45, 7) is 5.39. The summed E-state index contributed by atoms with van der Waals surface area (Å²) >= 11 is 0. The van der Waals surface area contributed by atoms with Gasteiger partial charge in [-0.2, -0.15) is 0 Å². The first-order valence-electron chi connectivity index (χ1n) is 4.96. The molecule has 1 aliphatic heterocycles. The molecule has 0 bridgehead atoms. The van der Waals surface area contributed by atoms with Crippen LogP contribution in [0.25, 0.3) is 0 Å². The van der Waals surface area contributed by atoms with Crippen LogP contribution in [0.5, 0.6) is 0 Å². The largest absolute Gasteiger partial charge is 0.376 e. The summed E-state index contributed by atoms with van der Waals surface area (Å²) in [5.41, 5.74) is 0. The molecule has 0 aliphatic carbocycles. The molecule has 0 saturated carbocycles. The Hall–Kier alpha value is -0.0831. The summed E-state index contributed by atoms with van der Waals surface area (Å²) in [6.07, 6.45) is 8.40. The van der Waals surface area contributed by atoms with Crippen LogP contribution in [0.2, 0.25) is 0 Å². The molecular weight excluding hydrogens is 164 g/mol. The highest BCUT2D eigenvalue weighted by atomic mass is 28.1. The number of hydrogen-bond acceptors (Lipinski definition) is 1. The van der Waals surface area contributed by atoms with Crippen LogP contribution in [-0.4, -0.2) is 22.1 Å². The van der Waals surface area contributed by atoms with Crippen LogP contribution in [0.15, 0.2) is 12.2 Å². The van der Waals surface area contributed by atoms with Gasteiger partial charge in [0.05, 0.1) is 5.22 Å². The predicted octanol–water partition coefficient (Wildman–Crippen LogP) is 1.46. The maximum Gasteiger partial charge on any atom is 0.0656 e. The molecule has 0 aromatic rings. The van der Waals surface area contributed by atoms with Crippen molar-refractivity contribution >= 4 is 10.2 Å². The van der Waals surface area contributed by atoms with Crippen LogP contribution < -0.4 is 0 Å². The second-order valence-electron chi connectivity index (χ2n) is 4.22. The number of rotatable bonds is 2. The van der Waals surface area contributed by atoms with E-state index in [1.165, 1.54) is 19.3 Å². The molecule has 1 atom stereocenters. The van der Waals surface area contributed by atoms with Crippen LogP contribution in [0.4, 0.5) is 0 Å². The van der Waals surface area contributed by atoms with Gasteiger partial charge in [-0.3, -0.25) is 0 Å². The van der Waals surface area contributed by atoms with E-state index in [2.05, 4.69) is 26.0 Å². The van der Waals surface area contributed by atoms with E-state index < -0.39 is 0 Å². The molecule has 1 rings (SSSR count). The number of ether oxygens (including phenoxy) is 1. The Labute approximate surface area is 78.6 Å². The Balaban J connectivity index is 2.46. The molecule has 0 amide bonds. The fourth-order valence-electron chi connectivity index (χ4n) is 1.48. The van der Waals surface area contributed by atoms with Gasteiger partial charge in [-0.1, -0.05) is 26.0 Å². The van der Waals surface area contributed by atoms with Gasteiger partial charge in [0.1, 0.15) is 0 Å². The van der Waals surface area contributed by atoms with E-state index in [4.69, 9.17) is 4.74 Å². The molecule has 1 aliphatic rings. The van der Waals surface area contributed by atoms with Crippen molar-refractivity contribution < 1.29 is 4.74 Å². The minimum absolute atomic E-state index is 0.169. The first kappa shape index (κ1) is 10.0. The van der Waals surface area contributed by atoms with Crippen LogP contribution in [0.3, 0.4) is 0 Å². The zero-order valence-electron chi connectivity index (χ0n) is 8.47. The van der Waals surface area contributed by atoms with Crippen molar-refractivity contribution in [3.8, 4) is 0 Å². The van der Waals surface area contributed by atoms with Crippen LogP contribution in [-0.2, 0) is 4.74 Å². The van der Waals surface area contributed by atoms with Gasteiger partial charge in [0.15, 0.2) is 0 Å². The predicted molar refractivity (Wildman–Crippen MR) is 56.5 cm³/mol. The SMILES string of the molecule is CC(C)C=CC1([SiH3])CCCCO1. The summed E-state index contributed by atoms with van der Waals surface area (Å²) < 4.78 is 5.79. The van der Waals surface area contributed by atoms with Crippen LogP contribution in [0, 0.1) is 5.92 Å². The molecule has 0 radical (unpaired) electrons. The van der Waals surface area contributed by atoms with Crippen molar-refractivity contribution in [2.75, 3.05) is 6.61 Å². The lowest BCUT2D eigenvalue weighted by Gasteiger charge is -2.31. The molecule has 1 nitrogen and oxygen atoms in total. The zero-order valence-corrected chi connectivity index (χ0v) is 10.5. The third-order valence-corrected chi connectivity index (χ3v) is 3.46. The minimum Gasteiger partial charge on any atom is -0.376 e. The molecule has 0 aromatic carbocycles. The highest BCUT2D eigenvalue weighted by Crippen LogP contribution is 2.23. The minimum atomic E-state index is 0.169. The molecule has 2 heteroatoms. The molecule has 70 valence electrons. The van der Waals surface area contributed by atoms with E-state index in [1.54, 1.807) is 0 Å². The van der Waals surface area contributed by atoms with E-state index in [0.717, 1.165) is 16.8 Å². The van der Waals surface area contributed by atoms with E-state index in [9.17, 15) is 0 Å². The highest BCUT2D eigenvalue weighted by molar-refractivity contribution is 6.16. The molecule has 1 heterocycles. The fraction of sp³-hybridized carbons (Fsp3) is 0.800. The molecule has 0 N–H and O–H groups in total. The van der Waals surface area contributed by atoms with Crippen molar-refractivity contribution in [3.05, 3.63) is 12.2 Å². The van der Waals surface area contributed by atoms with Crippen molar-refractivity contribution in [1.29, 1.82) is 0 Å². The Bertz CT molecular complexity index is 157. The summed E-state index contributed by atoms with van der Waals surface area (Å²) in [5.74, 6) is 0.654. The van der Waals surface area contributed by atoms with Gasteiger partial charge in [-0.25, -0.2) is 0 Å². The van der Waals surface area contributed by atoms with Gasteiger partial charge in [0.25, 0.3) is 0 Å². The second kappa shape index (κ2) is 4.24. The van der Waals surface area contributed by atoms with Gasteiger partial charge in [-0.15, -0.1) is 0 Å². The Kier molecular flexibility index (Phi) is 3.53. The van der Waals surface area contributed by atoms with E-state index in [1.807, 2.05) is 0 Å². The molecule has 0 aromatic heterocycles. The molecule has 1 fully saturated rings. The number of hydrogen-bond donors (Lipinski definition) is 0. The second-order valence-corrected chi connectivity index (χ2v) is 5.91. The van der Waals surface area contributed by atoms with Gasteiger partial charge in [-0.05, 0) is 25.2 Å².